The van der Waals surface area contributed by atoms with Crippen molar-refractivity contribution in [1.29, 1.82) is 0 Å². The van der Waals surface area contributed by atoms with Crippen LogP contribution in [0.2, 0.25) is 0 Å². The Labute approximate surface area is 363 Å². The van der Waals surface area contributed by atoms with Crippen LogP contribution >= 0.6 is 0 Å². The number of hydrogen-bond acceptors (Lipinski definition) is 6. The van der Waals surface area contributed by atoms with Gasteiger partial charge in [0.1, 0.15) is 11.6 Å². The third-order valence-electron chi connectivity index (χ3n) is 11.1. The summed E-state index contributed by atoms with van der Waals surface area (Å²) in [5.41, 5.74) is 12.8. The molecule has 0 saturated heterocycles. The van der Waals surface area contributed by atoms with Crippen LogP contribution in [0, 0.1) is 18.8 Å². The van der Waals surface area contributed by atoms with E-state index < -0.39 is 0 Å². The molecule has 2 aromatic heterocycles. The Balaban J connectivity index is 0.00000484. The summed E-state index contributed by atoms with van der Waals surface area (Å²) in [6.07, 6.45) is 3.92. The van der Waals surface area contributed by atoms with Crippen molar-refractivity contribution in [3.8, 4) is 33.8 Å². The Morgan fingerprint density at radius 2 is 1.25 bits per heavy atom. The normalized spacial score (nSPS) is 13.3. The van der Waals surface area contributed by atoms with Gasteiger partial charge in [0.15, 0.2) is 0 Å². The van der Waals surface area contributed by atoms with Gasteiger partial charge >= 0.3 is 0 Å². The minimum absolute atomic E-state index is 0. The van der Waals surface area contributed by atoms with Crippen molar-refractivity contribution >= 4 is 40.1 Å². The summed E-state index contributed by atoms with van der Waals surface area (Å²) in [5, 5.41) is 0. The Bertz CT molecular complexity index is 2670. The van der Waals surface area contributed by atoms with Gasteiger partial charge in [0.2, 0.25) is 0 Å². The van der Waals surface area contributed by atoms with Gasteiger partial charge in [0.05, 0.1) is 5.69 Å². The van der Waals surface area contributed by atoms with E-state index in [9.17, 15) is 0 Å². The maximum Gasteiger partial charge on any atom is 0.135 e. The number of aromatic nitrogens is 2. The number of para-hydroxylation sites is 3. The first-order valence-corrected chi connectivity index (χ1v) is 20.1. The third-order valence-corrected chi connectivity index (χ3v) is 11.1. The Morgan fingerprint density at radius 1 is 0.610 bits per heavy atom. The molecule has 0 atom stereocenters. The van der Waals surface area contributed by atoms with E-state index in [2.05, 4.69) is 192 Å². The zero-order chi connectivity index (χ0) is 40.3. The van der Waals surface area contributed by atoms with Crippen molar-refractivity contribution in [2.75, 3.05) is 14.7 Å². The van der Waals surface area contributed by atoms with Crippen LogP contribution in [-0.2, 0) is 31.9 Å². The molecule has 4 heterocycles. The number of benzene rings is 5. The Kier molecular flexibility index (Phi) is 10.5. The largest absolute Gasteiger partial charge is 0.509 e. The minimum Gasteiger partial charge on any atom is -0.509 e. The molecule has 7 heteroatoms. The van der Waals surface area contributed by atoms with E-state index in [1.54, 1.807) is 0 Å². The quantitative estimate of drug-likeness (QED) is 0.155. The number of rotatable bonds is 6. The van der Waals surface area contributed by atoms with Gasteiger partial charge in [-0.05, 0) is 75.4 Å². The number of ether oxygens (including phenoxy) is 1. The van der Waals surface area contributed by atoms with E-state index in [0.29, 0.717) is 17.4 Å². The number of nitrogens with zero attached hydrogens (tertiary/aromatic N) is 5. The SMILES string of the molecule is CC(C)c1cnc(N2[CH-]N(c3[c-]c(Oc4[c-]c5c(cc4)-c4ccccc4-c4ccccc4N5c4cc(C(C)(C)C)ccn4)ccc3)c3ccccc32)c(C(C)(C)C)c1.[Pt]. The molecule has 0 bridgehead atoms. The van der Waals surface area contributed by atoms with Gasteiger partial charge in [0, 0.05) is 61.9 Å². The fourth-order valence-corrected chi connectivity index (χ4v) is 7.89. The average Bonchev–Trinajstić information content (AvgIpc) is 3.55. The summed E-state index contributed by atoms with van der Waals surface area (Å²) in [5.74, 6) is 3.30. The van der Waals surface area contributed by atoms with E-state index in [0.717, 1.165) is 62.3 Å². The van der Waals surface area contributed by atoms with Gasteiger partial charge in [-0.2, -0.15) is 12.1 Å². The van der Waals surface area contributed by atoms with E-state index >= 15 is 0 Å². The van der Waals surface area contributed by atoms with Crippen molar-refractivity contribution in [3.63, 3.8) is 0 Å². The third kappa shape index (κ3) is 7.44. The molecule has 2 aliphatic heterocycles. The van der Waals surface area contributed by atoms with E-state index in [-0.39, 0.29) is 31.9 Å². The van der Waals surface area contributed by atoms with Crippen molar-refractivity contribution in [2.24, 2.45) is 0 Å². The number of pyridine rings is 2. The van der Waals surface area contributed by atoms with E-state index in [1.807, 2.05) is 30.6 Å². The van der Waals surface area contributed by atoms with Gasteiger partial charge in [0.25, 0.3) is 0 Å². The van der Waals surface area contributed by atoms with Crippen LogP contribution in [0.5, 0.6) is 11.5 Å². The van der Waals surface area contributed by atoms with Crippen LogP contribution in [0.4, 0.5) is 40.1 Å². The molecule has 59 heavy (non-hydrogen) atoms. The van der Waals surface area contributed by atoms with Crippen LogP contribution in [0.1, 0.15) is 78.0 Å². The molecule has 7 aromatic rings. The number of hydrogen-bond donors (Lipinski definition) is 0. The van der Waals surface area contributed by atoms with Crippen LogP contribution < -0.4 is 19.4 Å². The molecule has 0 radical (unpaired) electrons. The van der Waals surface area contributed by atoms with Gasteiger partial charge in [-0.25, -0.2) is 9.97 Å². The number of anilines is 7. The van der Waals surface area contributed by atoms with E-state index in [1.165, 1.54) is 16.7 Å². The second kappa shape index (κ2) is 15.5. The van der Waals surface area contributed by atoms with Gasteiger partial charge < -0.3 is 19.4 Å². The molecule has 0 spiro atoms. The van der Waals surface area contributed by atoms with Crippen LogP contribution in [0.3, 0.4) is 0 Å². The fraction of sp³-hybridized carbons (Fsp3) is 0.212. The first kappa shape index (κ1) is 40.1. The summed E-state index contributed by atoms with van der Waals surface area (Å²) in [4.78, 5) is 16.6. The van der Waals surface area contributed by atoms with E-state index in [4.69, 9.17) is 14.7 Å². The monoisotopic (exact) mass is 953 g/mol. The molecule has 0 aliphatic carbocycles. The summed E-state index contributed by atoms with van der Waals surface area (Å²) < 4.78 is 6.70. The maximum atomic E-state index is 6.70. The van der Waals surface area contributed by atoms with Gasteiger partial charge in [-0.15, -0.1) is 48.3 Å². The number of fused-ring (bicyclic) bond motifs is 6. The molecular formula is C52H48N5OPt-3. The molecule has 2 aliphatic rings. The molecule has 9 rings (SSSR count). The average molecular weight is 954 g/mol. The maximum absolute atomic E-state index is 6.70. The molecule has 0 unspecified atom stereocenters. The molecular weight excluding hydrogens is 906 g/mol. The topological polar surface area (TPSA) is 44.7 Å². The minimum atomic E-state index is -0.112. The van der Waals surface area contributed by atoms with Crippen molar-refractivity contribution in [2.45, 2.75) is 72.1 Å². The van der Waals surface area contributed by atoms with Gasteiger partial charge in [-0.3, -0.25) is 0 Å². The zero-order valence-electron chi connectivity index (χ0n) is 34.8. The summed E-state index contributed by atoms with van der Waals surface area (Å²) in [6, 6.07) is 49.6. The fourth-order valence-electron chi connectivity index (χ4n) is 7.89. The van der Waals surface area contributed by atoms with Crippen LogP contribution in [0.25, 0.3) is 22.3 Å². The van der Waals surface area contributed by atoms with Gasteiger partial charge in [-0.1, -0.05) is 121 Å². The predicted octanol–water partition coefficient (Wildman–Crippen LogP) is 14.1. The molecule has 0 amide bonds. The Morgan fingerprint density at radius 3 is 1.95 bits per heavy atom. The summed E-state index contributed by atoms with van der Waals surface area (Å²) in [7, 11) is 0. The van der Waals surface area contributed by atoms with Crippen LogP contribution in [0.15, 0.2) is 134 Å². The molecule has 0 N–H and O–H groups in total. The molecule has 300 valence electrons. The Hall–Kier alpha value is -5.71. The molecule has 5 aromatic carbocycles. The molecule has 0 saturated carbocycles. The smallest absolute Gasteiger partial charge is 0.135 e. The van der Waals surface area contributed by atoms with Crippen LogP contribution in [-0.4, -0.2) is 9.97 Å². The first-order valence-electron chi connectivity index (χ1n) is 20.1. The summed E-state index contributed by atoms with van der Waals surface area (Å²) >= 11 is 0. The van der Waals surface area contributed by atoms with Crippen molar-refractivity contribution in [3.05, 3.63) is 169 Å². The van der Waals surface area contributed by atoms with Crippen molar-refractivity contribution < 1.29 is 25.8 Å². The second-order valence-electron chi connectivity index (χ2n) is 17.5. The second-order valence-corrected chi connectivity index (χ2v) is 17.5. The molecule has 0 fully saturated rings. The zero-order valence-corrected chi connectivity index (χ0v) is 37.1. The standard InChI is InChI=1S/C52H48N5O.Pt/c1-34(2)35-28-44(52(6,7)8)50(54-32-35)56-33-55(46-22-13-14-23-47(46)56)37-16-15-17-38(30-37)58-39-24-25-43-41-19-10-9-18-40(41)42-20-11-12-21-45(42)57(48(43)31-39)49-29-36(26-27-53-49)51(3,4)5;/h9-29,32-34H,1-8H3;/q-3;. The molecule has 6 nitrogen and oxygen atoms in total. The van der Waals surface area contributed by atoms with Crippen molar-refractivity contribution in [1.82, 2.24) is 9.97 Å². The predicted molar refractivity (Wildman–Crippen MR) is 238 cm³/mol. The summed E-state index contributed by atoms with van der Waals surface area (Å²) in [6.45, 7) is 20.0. The first-order chi connectivity index (χ1) is 27.8.